The summed E-state index contributed by atoms with van der Waals surface area (Å²) in [5.74, 6) is -3.15. The number of methoxy groups -OCH3 is 2. The van der Waals surface area contributed by atoms with Crippen molar-refractivity contribution in [2.45, 2.75) is 18.0 Å². The Kier molecular flexibility index (Phi) is 6.46. The van der Waals surface area contributed by atoms with Crippen LogP contribution in [0.3, 0.4) is 0 Å². The van der Waals surface area contributed by atoms with Gasteiger partial charge in [0.05, 0.1) is 31.7 Å². The van der Waals surface area contributed by atoms with Crippen molar-refractivity contribution in [3.63, 3.8) is 0 Å². The molecule has 9 nitrogen and oxygen atoms in total. The number of thioether (sulfide) groups is 1. The van der Waals surface area contributed by atoms with Crippen LogP contribution < -0.4 is 19.7 Å². The number of hydrogen-bond acceptors (Lipinski definition) is 8. The molecule has 2 heterocycles. The highest BCUT2D eigenvalue weighted by molar-refractivity contribution is 7.98. The second-order valence-corrected chi connectivity index (χ2v) is 9.27. The van der Waals surface area contributed by atoms with E-state index in [1.165, 1.54) is 32.0 Å². The summed E-state index contributed by atoms with van der Waals surface area (Å²) in [7, 11) is 2.97. The Morgan fingerprint density at radius 1 is 1.09 bits per heavy atom. The van der Waals surface area contributed by atoms with Crippen LogP contribution in [0.25, 0.3) is 0 Å². The molecule has 0 aliphatic carbocycles. The van der Waals surface area contributed by atoms with Gasteiger partial charge < -0.3 is 19.7 Å². The number of fused-ring (bicyclic) bond motifs is 1. The number of aromatic hydroxyl groups is 1. The number of ether oxygens (including phenoxy) is 2. The summed E-state index contributed by atoms with van der Waals surface area (Å²) in [6.07, 6.45) is 1.98. The Bertz CT molecular complexity index is 1120. The first-order valence-electron chi connectivity index (χ1n) is 10.7. The minimum absolute atomic E-state index is 0.132. The number of carboxylic acid groups (broad SMARTS) is 1. The molecule has 2 aromatic carbocycles. The van der Waals surface area contributed by atoms with E-state index in [9.17, 15) is 24.6 Å². The maximum absolute atomic E-state index is 13.7. The van der Waals surface area contributed by atoms with Crippen molar-refractivity contribution in [1.29, 1.82) is 0 Å². The number of amides is 2. The molecule has 2 aliphatic heterocycles. The fraction of sp³-hybridized carbons (Fsp3) is 0.375. The molecule has 10 heteroatoms. The van der Waals surface area contributed by atoms with Crippen molar-refractivity contribution >= 4 is 35.2 Å². The molecule has 2 aliphatic rings. The molecule has 34 heavy (non-hydrogen) atoms. The number of hydrogen-bond donors (Lipinski definition) is 3. The smallest absolute Gasteiger partial charge is 0.324 e. The number of benzene rings is 2. The average Bonchev–Trinajstić information content (AvgIpc) is 3.31. The molecule has 2 fully saturated rings. The number of imide groups is 1. The zero-order valence-corrected chi connectivity index (χ0v) is 19.8. The third kappa shape index (κ3) is 3.67. The summed E-state index contributed by atoms with van der Waals surface area (Å²) in [5, 5.41) is 24.1. The van der Waals surface area contributed by atoms with Crippen LogP contribution in [0.1, 0.15) is 18.0 Å². The van der Waals surface area contributed by atoms with Crippen LogP contribution in [0, 0.1) is 11.8 Å². The van der Waals surface area contributed by atoms with Gasteiger partial charge in [-0.25, -0.2) is 4.90 Å². The number of carbonyl (C=O) groups is 3. The lowest BCUT2D eigenvalue weighted by molar-refractivity contribution is -0.148. The molecule has 0 spiro atoms. The molecular formula is C24H26N2O7S. The van der Waals surface area contributed by atoms with E-state index in [0.29, 0.717) is 28.5 Å². The van der Waals surface area contributed by atoms with Gasteiger partial charge in [0.1, 0.15) is 22.8 Å². The molecular weight excluding hydrogens is 460 g/mol. The van der Waals surface area contributed by atoms with E-state index in [1.54, 1.807) is 36.4 Å². The monoisotopic (exact) mass is 486 g/mol. The Labute approximate surface area is 201 Å². The van der Waals surface area contributed by atoms with E-state index in [0.717, 1.165) is 4.90 Å². The summed E-state index contributed by atoms with van der Waals surface area (Å²) >= 11 is 1.45. The van der Waals surface area contributed by atoms with Crippen molar-refractivity contribution in [2.75, 3.05) is 31.1 Å². The Morgan fingerprint density at radius 3 is 2.29 bits per heavy atom. The number of rotatable bonds is 8. The number of nitrogens with zero attached hydrogens (tertiary/aromatic N) is 1. The van der Waals surface area contributed by atoms with Crippen LogP contribution in [0.5, 0.6) is 17.2 Å². The van der Waals surface area contributed by atoms with E-state index in [2.05, 4.69) is 5.32 Å². The van der Waals surface area contributed by atoms with Gasteiger partial charge in [-0.15, -0.1) is 0 Å². The van der Waals surface area contributed by atoms with Crippen LogP contribution in [-0.4, -0.2) is 59.8 Å². The van der Waals surface area contributed by atoms with Gasteiger partial charge in [0, 0.05) is 17.7 Å². The molecule has 4 atom stereocenters. The number of nitrogens with one attached hydrogen (secondary N) is 1. The van der Waals surface area contributed by atoms with E-state index < -0.39 is 41.2 Å². The lowest BCUT2D eigenvalue weighted by atomic mass is 9.78. The largest absolute Gasteiger partial charge is 0.507 e. The topological polar surface area (TPSA) is 125 Å². The average molecular weight is 487 g/mol. The number of carboxylic acids is 1. The van der Waals surface area contributed by atoms with Gasteiger partial charge in [-0.05, 0) is 48.8 Å². The normalized spacial score (nSPS) is 26.0. The van der Waals surface area contributed by atoms with Gasteiger partial charge in [-0.3, -0.25) is 19.7 Å². The minimum Gasteiger partial charge on any atom is -0.507 e. The van der Waals surface area contributed by atoms with Gasteiger partial charge in [0.2, 0.25) is 11.8 Å². The number of phenols is 1. The molecule has 2 amide bonds. The Morgan fingerprint density at radius 2 is 1.74 bits per heavy atom. The first-order chi connectivity index (χ1) is 16.3. The maximum atomic E-state index is 13.7. The predicted octanol–water partition coefficient (Wildman–Crippen LogP) is 2.44. The van der Waals surface area contributed by atoms with Gasteiger partial charge in [-0.2, -0.15) is 11.8 Å². The lowest BCUT2D eigenvalue weighted by Gasteiger charge is -2.31. The van der Waals surface area contributed by atoms with Crippen LogP contribution in [0.15, 0.2) is 42.5 Å². The van der Waals surface area contributed by atoms with Gasteiger partial charge in [0.25, 0.3) is 0 Å². The first-order valence-corrected chi connectivity index (χ1v) is 12.1. The third-order valence-electron chi connectivity index (χ3n) is 6.64. The van der Waals surface area contributed by atoms with Gasteiger partial charge in [0.15, 0.2) is 0 Å². The molecule has 0 saturated carbocycles. The summed E-state index contributed by atoms with van der Waals surface area (Å²) in [6, 6.07) is 10.2. The van der Waals surface area contributed by atoms with Crippen molar-refractivity contribution in [3.8, 4) is 17.2 Å². The Hall–Kier alpha value is -3.24. The maximum Gasteiger partial charge on any atom is 0.324 e. The van der Waals surface area contributed by atoms with Crippen molar-refractivity contribution in [1.82, 2.24) is 5.32 Å². The van der Waals surface area contributed by atoms with Crippen LogP contribution in [0.2, 0.25) is 0 Å². The molecule has 2 saturated heterocycles. The number of phenolic OH excluding ortho intramolecular Hbond substituents is 1. The summed E-state index contributed by atoms with van der Waals surface area (Å²) < 4.78 is 10.3. The third-order valence-corrected chi connectivity index (χ3v) is 7.25. The molecule has 180 valence electrons. The van der Waals surface area contributed by atoms with Crippen molar-refractivity contribution in [2.24, 2.45) is 11.8 Å². The van der Waals surface area contributed by atoms with Crippen molar-refractivity contribution in [3.05, 3.63) is 48.0 Å². The predicted molar refractivity (Wildman–Crippen MR) is 126 cm³/mol. The quantitative estimate of drug-likeness (QED) is 0.482. The number of anilines is 1. The fourth-order valence-electron chi connectivity index (χ4n) is 4.97. The Balaban J connectivity index is 1.84. The molecule has 0 aromatic heterocycles. The summed E-state index contributed by atoms with van der Waals surface area (Å²) in [6.45, 7) is 0. The molecule has 0 radical (unpaired) electrons. The fourth-order valence-corrected chi connectivity index (χ4v) is 5.49. The molecule has 3 N–H and O–H groups in total. The SMILES string of the molecule is COc1ccc(N2C(=O)[C@@H]3[C@@H](C2=O)[C@](CCSC)(C(=O)O)N[C@H]3c2ccc(OC)cc2O)cc1. The lowest BCUT2D eigenvalue weighted by Crippen LogP contribution is -2.56. The standard InChI is InChI=1S/C24H26N2O7S/c1-32-14-6-4-13(5-7-14)26-21(28)18-19(22(26)29)24(23(30)31,10-11-34-3)25-20(18)16-9-8-15(33-2)12-17(16)27/h4-9,12,18-20,25,27H,10-11H2,1-3H3,(H,30,31)/t18-,19+,20+,24-/m1/s1. The van der Waals surface area contributed by atoms with E-state index >= 15 is 0 Å². The summed E-state index contributed by atoms with van der Waals surface area (Å²) in [4.78, 5) is 41.1. The van der Waals surface area contributed by atoms with Gasteiger partial charge >= 0.3 is 5.97 Å². The van der Waals surface area contributed by atoms with Gasteiger partial charge in [-0.1, -0.05) is 6.07 Å². The zero-order chi connectivity index (χ0) is 24.6. The van der Waals surface area contributed by atoms with E-state index in [4.69, 9.17) is 9.47 Å². The van der Waals surface area contributed by atoms with Crippen LogP contribution >= 0.6 is 11.8 Å². The highest BCUT2D eigenvalue weighted by Gasteiger charge is 2.68. The molecule has 2 aromatic rings. The number of aliphatic carboxylic acids is 1. The minimum atomic E-state index is -1.67. The van der Waals surface area contributed by atoms with Crippen molar-refractivity contribution < 1.29 is 34.1 Å². The highest BCUT2D eigenvalue weighted by Crippen LogP contribution is 2.52. The molecule has 0 bridgehead atoms. The molecule has 4 rings (SSSR count). The van der Waals surface area contributed by atoms with E-state index in [1.807, 2.05) is 6.26 Å². The summed E-state index contributed by atoms with van der Waals surface area (Å²) in [5.41, 5.74) is -0.994. The zero-order valence-electron chi connectivity index (χ0n) is 19.0. The molecule has 0 unspecified atom stereocenters. The van der Waals surface area contributed by atoms with Crippen LogP contribution in [0.4, 0.5) is 5.69 Å². The first kappa shape index (κ1) is 23.9. The highest BCUT2D eigenvalue weighted by atomic mass is 32.2. The second kappa shape index (κ2) is 9.19. The second-order valence-electron chi connectivity index (χ2n) is 8.28. The van der Waals surface area contributed by atoms with Crippen LogP contribution in [-0.2, 0) is 14.4 Å². The van der Waals surface area contributed by atoms with E-state index in [-0.39, 0.29) is 12.2 Å². The number of carbonyl (C=O) groups excluding carboxylic acids is 2.